The maximum Gasteiger partial charge on any atom is 0.242 e. The number of carbonyl (C=O) groups excluding carboxylic acids is 2. The number of para-hydroxylation sites is 1. The topological polar surface area (TPSA) is 79.5 Å². The van der Waals surface area contributed by atoms with Crippen LogP contribution in [0.4, 0.5) is 4.39 Å². The molecule has 0 aromatic heterocycles. The minimum Gasteiger partial charge on any atom is -0.493 e. The first-order valence-electron chi connectivity index (χ1n) is 15.3. The Labute approximate surface area is 246 Å². The molecule has 2 aromatic rings. The van der Waals surface area contributed by atoms with Crippen LogP contribution in [0, 0.1) is 23.6 Å². The summed E-state index contributed by atoms with van der Waals surface area (Å²) in [6.07, 6.45) is 5.29. The molecule has 0 unspecified atom stereocenters. The minimum absolute atomic E-state index is 0.126. The van der Waals surface area contributed by atoms with E-state index < -0.39 is 12.1 Å². The maximum absolute atomic E-state index is 13.7. The molecule has 2 amide bonds. The number of nitrogens with one attached hydrogen (secondary N) is 3. The Bertz CT molecular complexity index is 1130. The van der Waals surface area contributed by atoms with Gasteiger partial charge in [-0.25, -0.2) is 4.39 Å². The van der Waals surface area contributed by atoms with Gasteiger partial charge >= 0.3 is 0 Å². The summed E-state index contributed by atoms with van der Waals surface area (Å²) in [6, 6.07) is 13.7. The van der Waals surface area contributed by atoms with Crippen molar-refractivity contribution in [1.29, 1.82) is 0 Å². The number of ether oxygens (including phenoxy) is 1. The Morgan fingerprint density at radius 3 is 2.44 bits per heavy atom. The van der Waals surface area contributed by atoms with Crippen molar-refractivity contribution in [3.8, 4) is 5.75 Å². The highest BCUT2D eigenvalue weighted by molar-refractivity contribution is 5.89. The molecule has 1 aliphatic carbocycles. The SMILES string of the molecule is CCCOc1ccccc1C[C@H](C)CNC(=O)[C@H](CC1CC1)NC(=O)[C@@H](C)NC(C)(C)[C@H](C)Cc1cccc(F)c1. The normalized spacial score (nSPS) is 16.4. The number of carbonyl (C=O) groups is 2. The average molecular weight is 568 g/mol. The van der Waals surface area contributed by atoms with Gasteiger partial charge in [-0.3, -0.25) is 9.59 Å². The van der Waals surface area contributed by atoms with Gasteiger partial charge < -0.3 is 20.7 Å². The molecule has 41 heavy (non-hydrogen) atoms. The van der Waals surface area contributed by atoms with E-state index in [0.717, 1.165) is 42.6 Å². The number of hydrogen-bond acceptors (Lipinski definition) is 4. The van der Waals surface area contributed by atoms with Gasteiger partial charge in [0.05, 0.1) is 12.6 Å². The minimum atomic E-state index is -0.556. The molecule has 4 atom stereocenters. The molecule has 0 radical (unpaired) electrons. The van der Waals surface area contributed by atoms with Crippen LogP contribution in [0.1, 0.15) is 78.4 Å². The van der Waals surface area contributed by atoms with E-state index in [4.69, 9.17) is 4.74 Å². The van der Waals surface area contributed by atoms with Gasteiger partial charge in [0.2, 0.25) is 11.8 Å². The smallest absolute Gasteiger partial charge is 0.242 e. The first kappa shape index (κ1) is 32.6. The van der Waals surface area contributed by atoms with Crippen LogP contribution in [0.25, 0.3) is 0 Å². The molecular formula is C34H50FN3O3. The van der Waals surface area contributed by atoms with Crippen LogP contribution in [-0.4, -0.2) is 42.6 Å². The van der Waals surface area contributed by atoms with Crippen LogP contribution in [0.5, 0.6) is 5.75 Å². The predicted molar refractivity (Wildman–Crippen MR) is 163 cm³/mol. The van der Waals surface area contributed by atoms with E-state index in [-0.39, 0.29) is 35.0 Å². The first-order chi connectivity index (χ1) is 19.5. The quantitative estimate of drug-likeness (QED) is 0.225. The Kier molecular flexibility index (Phi) is 12.2. The van der Waals surface area contributed by atoms with E-state index >= 15 is 0 Å². The summed E-state index contributed by atoms with van der Waals surface area (Å²) < 4.78 is 19.6. The van der Waals surface area contributed by atoms with E-state index in [2.05, 4.69) is 56.6 Å². The Morgan fingerprint density at radius 1 is 1.02 bits per heavy atom. The van der Waals surface area contributed by atoms with E-state index in [9.17, 15) is 14.0 Å². The van der Waals surface area contributed by atoms with Crippen molar-refractivity contribution in [2.45, 2.75) is 97.7 Å². The lowest BCUT2D eigenvalue weighted by Crippen LogP contribution is -2.57. The van der Waals surface area contributed by atoms with Crippen molar-refractivity contribution >= 4 is 11.8 Å². The zero-order valence-electron chi connectivity index (χ0n) is 25.8. The molecule has 0 bridgehead atoms. The van der Waals surface area contributed by atoms with E-state index in [0.29, 0.717) is 31.9 Å². The Hall–Kier alpha value is -2.93. The molecule has 0 saturated heterocycles. The van der Waals surface area contributed by atoms with Gasteiger partial charge in [-0.1, -0.05) is 63.9 Å². The highest BCUT2D eigenvalue weighted by atomic mass is 19.1. The summed E-state index contributed by atoms with van der Waals surface area (Å²) in [5.74, 6) is 1.18. The zero-order chi connectivity index (χ0) is 30.0. The monoisotopic (exact) mass is 567 g/mol. The fourth-order valence-corrected chi connectivity index (χ4v) is 5.12. The molecule has 0 spiro atoms. The van der Waals surface area contributed by atoms with Gasteiger partial charge in [0.15, 0.2) is 0 Å². The Morgan fingerprint density at radius 2 is 1.76 bits per heavy atom. The van der Waals surface area contributed by atoms with Gasteiger partial charge in [-0.15, -0.1) is 0 Å². The number of hydrogen-bond donors (Lipinski definition) is 3. The third kappa shape index (κ3) is 10.8. The predicted octanol–water partition coefficient (Wildman–Crippen LogP) is 5.83. The molecule has 0 heterocycles. The molecule has 3 rings (SSSR count). The zero-order valence-corrected chi connectivity index (χ0v) is 25.8. The van der Waals surface area contributed by atoms with Crippen molar-refractivity contribution in [2.24, 2.45) is 17.8 Å². The van der Waals surface area contributed by atoms with Gasteiger partial charge in [-0.05, 0) is 93.5 Å². The molecule has 2 aromatic carbocycles. The second kappa shape index (κ2) is 15.3. The van der Waals surface area contributed by atoms with Crippen LogP contribution in [-0.2, 0) is 22.4 Å². The summed E-state index contributed by atoms with van der Waals surface area (Å²) in [5.41, 5.74) is 1.68. The molecule has 6 nitrogen and oxygen atoms in total. The van der Waals surface area contributed by atoms with Crippen molar-refractivity contribution in [1.82, 2.24) is 16.0 Å². The molecule has 1 fully saturated rings. The molecule has 1 aliphatic rings. The summed E-state index contributed by atoms with van der Waals surface area (Å²) in [7, 11) is 0. The lowest BCUT2D eigenvalue weighted by atomic mass is 9.83. The van der Waals surface area contributed by atoms with Gasteiger partial charge in [0.1, 0.15) is 17.6 Å². The Balaban J connectivity index is 1.53. The second-order valence-electron chi connectivity index (χ2n) is 12.6. The summed E-state index contributed by atoms with van der Waals surface area (Å²) >= 11 is 0. The third-order valence-electron chi connectivity index (χ3n) is 8.17. The fraction of sp³-hybridized carbons (Fsp3) is 0.588. The maximum atomic E-state index is 13.7. The largest absolute Gasteiger partial charge is 0.493 e. The molecule has 3 N–H and O–H groups in total. The van der Waals surface area contributed by atoms with Gasteiger partial charge in [0.25, 0.3) is 0 Å². The standard InChI is InChI=1S/C34H50FN3O3/c1-7-17-41-31-14-9-8-12-28(31)18-23(2)22-36-33(40)30(21-26-15-16-26)37-32(39)25(4)38-34(5,6)24(3)19-27-11-10-13-29(35)20-27/h8-14,20,23-26,30,38H,7,15-19,21-22H2,1-6H3,(H,36,40)(H,37,39)/t23-,24+,25+,30-/m0/s1. The van der Waals surface area contributed by atoms with Crippen molar-refractivity contribution < 1.29 is 18.7 Å². The molecule has 7 heteroatoms. The van der Waals surface area contributed by atoms with E-state index in [1.54, 1.807) is 12.1 Å². The van der Waals surface area contributed by atoms with Crippen molar-refractivity contribution in [3.05, 3.63) is 65.5 Å². The number of halogens is 1. The van der Waals surface area contributed by atoms with Crippen molar-refractivity contribution in [3.63, 3.8) is 0 Å². The summed E-state index contributed by atoms with van der Waals surface area (Å²) in [4.78, 5) is 26.5. The molecular weight excluding hydrogens is 517 g/mol. The van der Waals surface area contributed by atoms with Crippen LogP contribution in [0.2, 0.25) is 0 Å². The van der Waals surface area contributed by atoms with Crippen LogP contribution < -0.4 is 20.7 Å². The lowest BCUT2D eigenvalue weighted by Gasteiger charge is -2.36. The van der Waals surface area contributed by atoms with Crippen LogP contribution in [0.15, 0.2) is 48.5 Å². The highest BCUT2D eigenvalue weighted by Crippen LogP contribution is 2.33. The summed E-state index contributed by atoms with van der Waals surface area (Å²) in [5, 5.41) is 9.58. The van der Waals surface area contributed by atoms with Crippen LogP contribution >= 0.6 is 0 Å². The van der Waals surface area contributed by atoms with Gasteiger partial charge in [-0.2, -0.15) is 0 Å². The number of benzene rings is 2. The van der Waals surface area contributed by atoms with E-state index in [1.807, 2.05) is 31.2 Å². The fourth-order valence-electron chi connectivity index (χ4n) is 5.12. The summed E-state index contributed by atoms with van der Waals surface area (Å²) in [6.45, 7) is 13.5. The second-order valence-corrected chi connectivity index (χ2v) is 12.6. The molecule has 1 saturated carbocycles. The average Bonchev–Trinajstić information content (AvgIpc) is 3.74. The van der Waals surface area contributed by atoms with Gasteiger partial charge in [0, 0.05) is 12.1 Å². The molecule has 0 aliphatic heterocycles. The highest BCUT2D eigenvalue weighted by Gasteiger charge is 2.34. The number of rotatable bonds is 17. The number of amides is 2. The third-order valence-corrected chi connectivity index (χ3v) is 8.17. The first-order valence-corrected chi connectivity index (χ1v) is 15.3. The van der Waals surface area contributed by atoms with E-state index in [1.165, 1.54) is 6.07 Å². The van der Waals surface area contributed by atoms with Crippen molar-refractivity contribution in [2.75, 3.05) is 13.2 Å². The lowest BCUT2D eigenvalue weighted by molar-refractivity contribution is -0.130. The van der Waals surface area contributed by atoms with Crippen LogP contribution in [0.3, 0.4) is 0 Å². The molecule has 226 valence electrons.